The van der Waals surface area contributed by atoms with E-state index in [1.54, 1.807) is 13.0 Å². The summed E-state index contributed by atoms with van der Waals surface area (Å²) < 4.78 is 26.7. The molecule has 1 fully saturated rings. The number of nitrogens with zero attached hydrogens (tertiary/aromatic N) is 3. The van der Waals surface area contributed by atoms with Gasteiger partial charge in [-0.1, -0.05) is 6.07 Å². The van der Waals surface area contributed by atoms with Crippen LogP contribution >= 0.6 is 0 Å². The minimum atomic E-state index is -0.887. The van der Waals surface area contributed by atoms with E-state index in [1.165, 1.54) is 18.5 Å². The van der Waals surface area contributed by atoms with Gasteiger partial charge in [-0.15, -0.1) is 0 Å². The number of aryl methyl sites for hydroxylation is 1. The van der Waals surface area contributed by atoms with Crippen LogP contribution in [0.5, 0.6) is 0 Å². The van der Waals surface area contributed by atoms with Crippen LogP contribution in [0.15, 0.2) is 30.6 Å². The van der Waals surface area contributed by atoms with E-state index >= 15 is 0 Å². The third-order valence-corrected chi connectivity index (χ3v) is 4.26. The van der Waals surface area contributed by atoms with Gasteiger partial charge in [0.05, 0.1) is 24.0 Å². The Hall–Kier alpha value is -2.41. The van der Waals surface area contributed by atoms with Crippen molar-refractivity contribution in [1.29, 1.82) is 0 Å². The van der Waals surface area contributed by atoms with Crippen LogP contribution in [0.2, 0.25) is 0 Å². The van der Waals surface area contributed by atoms with Crippen molar-refractivity contribution in [2.45, 2.75) is 25.4 Å². The molecule has 2 atom stereocenters. The van der Waals surface area contributed by atoms with Gasteiger partial charge in [-0.05, 0) is 38.1 Å². The van der Waals surface area contributed by atoms with Crippen molar-refractivity contribution >= 4 is 5.91 Å². The zero-order valence-electron chi connectivity index (χ0n) is 13.5. The Labute approximate surface area is 138 Å². The Morgan fingerprint density at radius 3 is 2.71 bits per heavy atom. The number of benzene rings is 1. The molecule has 0 saturated carbocycles. The molecule has 0 radical (unpaired) electrons. The van der Waals surface area contributed by atoms with Gasteiger partial charge in [0.15, 0.2) is 11.6 Å². The second-order valence-corrected chi connectivity index (χ2v) is 6.01. The third-order valence-electron chi connectivity index (χ3n) is 4.26. The molecule has 5 nitrogen and oxygen atoms in total. The van der Waals surface area contributed by atoms with Crippen LogP contribution in [-0.4, -0.2) is 40.4 Å². The van der Waals surface area contributed by atoms with Crippen molar-refractivity contribution in [3.05, 3.63) is 59.2 Å². The Morgan fingerprint density at radius 2 is 2.04 bits per heavy atom. The van der Waals surface area contributed by atoms with Gasteiger partial charge >= 0.3 is 0 Å². The predicted octanol–water partition coefficient (Wildman–Crippen LogP) is 2.24. The van der Waals surface area contributed by atoms with Crippen molar-refractivity contribution < 1.29 is 13.6 Å². The molecule has 0 spiro atoms. The molecule has 2 aromatic rings. The molecule has 0 unspecified atom stereocenters. The van der Waals surface area contributed by atoms with E-state index < -0.39 is 11.6 Å². The summed E-state index contributed by atoms with van der Waals surface area (Å²) in [5.41, 5.74) is 1.60. The molecule has 24 heavy (non-hydrogen) atoms. The normalized spacial score (nSPS) is 21.0. The minimum absolute atomic E-state index is 0.213. The molecular formula is C17H18F2N4O. The number of likely N-dealkylation sites (N-methyl/N-ethyl adjacent to an activating group) is 1. The van der Waals surface area contributed by atoms with Crippen LogP contribution in [0.1, 0.15) is 34.2 Å². The number of carbonyl (C=O) groups is 1. The fourth-order valence-corrected chi connectivity index (χ4v) is 3.03. The lowest BCUT2D eigenvalue weighted by molar-refractivity contribution is 0.0922. The summed E-state index contributed by atoms with van der Waals surface area (Å²) in [5.74, 6) is -2.09. The van der Waals surface area contributed by atoms with Crippen LogP contribution in [0.25, 0.3) is 0 Å². The Kier molecular flexibility index (Phi) is 4.53. The number of hydrogen-bond donors (Lipinski definition) is 1. The van der Waals surface area contributed by atoms with Gasteiger partial charge in [-0.25, -0.2) is 13.8 Å². The molecule has 1 aromatic carbocycles. The zero-order valence-corrected chi connectivity index (χ0v) is 13.5. The lowest BCUT2D eigenvalue weighted by Crippen LogP contribution is -2.39. The van der Waals surface area contributed by atoms with Gasteiger partial charge in [0.1, 0.15) is 5.69 Å². The monoisotopic (exact) mass is 332 g/mol. The molecule has 1 aromatic heterocycles. The molecule has 126 valence electrons. The molecule has 1 aliphatic heterocycles. The van der Waals surface area contributed by atoms with Gasteiger partial charge in [0.25, 0.3) is 5.91 Å². The molecule has 2 heterocycles. The van der Waals surface area contributed by atoms with Crippen molar-refractivity contribution in [3.63, 3.8) is 0 Å². The Balaban J connectivity index is 1.80. The van der Waals surface area contributed by atoms with Gasteiger partial charge in [-0.2, -0.15) is 0 Å². The van der Waals surface area contributed by atoms with Crippen LogP contribution in [0.4, 0.5) is 8.78 Å². The quantitative estimate of drug-likeness (QED) is 0.936. The van der Waals surface area contributed by atoms with Gasteiger partial charge < -0.3 is 5.32 Å². The highest BCUT2D eigenvalue weighted by Crippen LogP contribution is 2.31. The van der Waals surface area contributed by atoms with E-state index in [9.17, 15) is 13.6 Å². The average Bonchev–Trinajstić information content (AvgIpc) is 2.91. The fourth-order valence-electron chi connectivity index (χ4n) is 3.03. The molecular weight excluding hydrogens is 314 g/mol. The molecule has 1 aliphatic rings. The smallest absolute Gasteiger partial charge is 0.271 e. The molecule has 1 amide bonds. The first kappa shape index (κ1) is 16.4. The molecule has 7 heteroatoms. The molecule has 3 rings (SSSR count). The lowest BCUT2D eigenvalue weighted by Gasteiger charge is -2.26. The van der Waals surface area contributed by atoms with Gasteiger partial charge in [-0.3, -0.25) is 14.7 Å². The summed E-state index contributed by atoms with van der Waals surface area (Å²) in [6.07, 6.45) is 3.67. The molecule has 0 aliphatic carbocycles. The highest BCUT2D eigenvalue weighted by atomic mass is 19.2. The predicted molar refractivity (Wildman–Crippen MR) is 84.4 cm³/mol. The van der Waals surface area contributed by atoms with E-state index in [1.807, 2.05) is 11.9 Å². The second kappa shape index (κ2) is 6.60. The van der Waals surface area contributed by atoms with Crippen molar-refractivity contribution in [3.8, 4) is 0 Å². The number of rotatable bonds is 3. The maximum Gasteiger partial charge on any atom is 0.271 e. The third kappa shape index (κ3) is 3.26. The van der Waals surface area contributed by atoms with E-state index in [0.29, 0.717) is 12.0 Å². The van der Waals surface area contributed by atoms with Crippen LogP contribution in [0, 0.1) is 18.6 Å². The first-order valence-corrected chi connectivity index (χ1v) is 7.70. The largest absolute Gasteiger partial charge is 0.346 e. The number of aromatic nitrogens is 2. The standard InChI is InChI=1S/C17H18F2N4O/c1-10-8-21-15(9-20-10)17(24)22-14-5-6-23(2)16(14)11-3-4-12(18)13(19)7-11/h3-4,7-9,14,16H,5-6H2,1-2H3,(H,22,24)/t14-,16+/m1/s1. The van der Waals surface area contributed by atoms with Crippen LogP contribution < -0.4 is 5.32 Å². The number of carbonyl (C=O) groups excluding carboxylic acids is 1. The summed E-state index contributed by atoms with van der Waals surface area (Å²) in [5, 5.41) is 2.93. The second-order valence-electron chi connectivity index (χ2n) is 6.01. The summed E-state index contributed by atoms with van der Waals surface area (Å²) in [6, 6.07) is 3.42. The molecule has 1 N–H and O–H groups in total. The van der Waals surface area contributed by atoms with E-state index in [-0.39, 0.29) is 23.7 Å². The Bertz CT molecular complexity index is 751. The SMILES string of the molecule is Cc1cnc(C(=O)N[C@@H]2CCN(C)[C@H]2c2ccc(F)c(F)c2)cn1. The topological polar surface area (TPSA) is 58.1 Å². The van der Waals surface area contributed by atoms with Crippen molar-refractivity contribution in [1.82, 2.24) is 20.2 Å². The van der Waals surface area contributed by atoms with E-state index in [2.05, 4.69) is 15.3 Å². The first-order valence-electron chi connectivity index (χ1n) is 7.70. The van der Waals surface area contributed by atoms with E-state index in [0.717, 1.165) is 18.3 Å². The summed E-state index contributed by atoms with van der Waals surface area (Å²) in [4.78, 5) is 22.5. The number of likely N-dealkylation sites (tertiary alicyclic amines) is 1. The van der Waals surface area contributed by atoms with Crippen LogP contribution in [-0.2, 0) is 0 Å². The zero-order chi connectivity index (χ0) is 17.3. The van der Waals surface area contributed by atoms with E-state index in [4.69, 9.17) is 0 Å². The highest BCUT2D eigenvalue weighted by molar-refractivity contribution is 5.92. The number of nitrogens with one attached hydrogen (secondary N) is 1. The maximum absolute atomic E-state index is 13.6. The summed E-state index contributed by atoms with van der Waals surface area (Å²) >= 11 is 0. The van der Waals surface area contributed by atoms with Gasteiger partial charge in [0, 0.05) is 12.7 Å². The lowest BCUT2D eigenvalue weighted by atomic mass is 9.99. The molecule has 1 saturated heterocycles. The van der Waals surface area contributed by atoms with Crippen LogP contribution in [0.3, 0.4) is 0 Å². The average molecular weight is 332 g/mol. The van der Waals surface area contributed by atoms with Crippen molar-refractivity contribution in [2.24, 2.45) is 0 Å². The number of amides is 1. The maximum atomic E-state index is 13.6. The fraction of sp³-hybridized carbons (Fsp3) is 0.353. The highest BCUT2D eigenvalue weighted by Gasteiger charge is 2.34. The molecule has 0 bridgehead atoms. The summed E-state index contributed by atoms with van der Waals surface area (Å²) in [7, 11) is 1.89. The summed E-state index contributed by atoms with van der Waals surface area (Å²) in [6.45, 7) is 2.54. The van der Waals surface area contributed by atoms with Gasteiger partial charge in [0.2, 0.25) is 0 Å². The number of hydrogen-bond acceptors (Lipinski definition) is 4. The first-order chi connectivity index (χ1) is 11.5. The van der Waals surface area contributed by atoms with Crippen molar-refractivity contribution in [2.75, 3.05) is 13.6 Å². The Morgan fingerprint density at radius 1 is 1.25 bits per heavy atom. The minimum Gasteiger partial charge on any atom is -0.346 e. The number of halogens is 2.